The molecule has 0 radical (unpaired) electrons. The molecule has 3 rings (SSSR count). The fourth-order valence-corrected chi connectivity index (χ4v) is 2.23. The van der Waals surface area contributed by atoms with E-state index in [0.717, 1.165) is 5.56 Å². The molecule has 0 unspecified atom stereocenters. The Morgan fingerprint density at radius 1 is 1.00 bits per heavy atom. The highest BCUT2D eigenvalue weighted by Crippen LogP contribution is 2.40. The van der Waals surface area contributed by atoms with E-state index in [2.05, 4.69) is 0 Å². The first-order chi connectivity index (χ1) is 8.59. The summed E-state index contributed by atoms with van der Waals surface area (Å²) in [5, 5.41) is 10.9. The number of fused-ring (bicyclic) bond motifs is 3. The fourth-order valence-electron chi connectivity index (χ4n) is 2.23. The van der Waals surface area contributed by atoms with Gasteiger partial charge in [-0.05, 0) is 11.6 Å². The summed E-state index contributed by atoms with van der Waals surface area (Å²) in [6.45, 7) is 0. The lowest BCUT2D eigenvalue weighted by atomic mass is 10.0. The Bertz CT molecular complexity index is 707. The van der Waals surface area contributed by atoms with E-state index in [4.69, 9.17) is 5.73 Å². The van der Waals surface area contributed by atoms with Crippen LogP contribution in [-0.2, 0) is 0 Å². The molecule has 2 aromatic carbocycles. The molecule has 0 atom stereocenters. The number of hydrogen-bond donors (Lipinski definition) is 1. The number of hydrogen-bond acceptors (Lipinski definition) is 4. The van der Waals surface area contributed by atoms with Crippen molar-refractivity contribution in [3.8, 4) is 11.1 Å². The maximum atomic E-state index is 12.1. The van der Waals surface area contributed by atoms with Crippen LogP contribution in [0.25, 0.3) is 11.1 Å². The van der Waals surface area contributed by atoms with E-state index >= 15 is 0 Å². The lowest BCUT2D eigenvalue weighted by Crippen LogP contribution is -2.00. The molecule has 1 aliphatic carbocycles. The molecule has 0 fully saturated rings. The van der Waals surface area contributed by atoms with Gasteiger partial charge >= 0.3 is 0 Å². The monoisotopic (exact) mass is 240 g/mol. The average molecular weight is 240 g/mol. The Labute approximate surface area is 102 Å². The SMILES string of the molecule is Nc1cc2c(cc1[N+](=O)[O-])-c1ccccc1C2=O. The van der Waals surface area contributed by atoms with Crippen molar-refractivity contribution in [1.82, 2.24) is 0 Å². The number of nitro benzene ring substituents is 1. The second-order valence-electron chi connectivity index (χ2n) is 4.09. The predicted octanol–water partition coefficient (Wildman–Crippen LogP) is 2.39. The first-order valence-electron chi connectivity index (χ1n) is 5.31. The Kier molecular flexibility index (Phi) is 1.98. The number of nitrogens with two attached hydrogens (primary N) is 1. The van der Waals surface area contributed by atoms with Crippen molar-refractivity contribution < 1.29 is 9.72 Å². The van der Waals surface area contributed by atoms with Crippen LogP contribution in [0.4, 0.5) is 11.4 Å². The van der Waals surface area contributed by atoms with Crippen LogP contribution in [0.5, 0.6) is 0 Å². The molecule has 0 aromatic heterocycles. The highest BCUT2D eigenvalue weighted by atomic mass is 16.6. The predicted molar refractivity (Wildman–Crippen MR) is 66.4 cm³/mol. The van der Waals surface area contributed by atoms with Crippen LogP contribution >= 0.6 is 0 Å². The van der Waals surface area contributed by atoms with Gasteiger partial charge in [0.1, 0.15) is 5.69 Å². The van der Waals surface area contributed by atoms with Gasteiger partial charge in [0, 0.05) is 22.8 Å². The number of nitrogen functional groups attached to an aromatic ring is 1. The zero-order chi connectivity index (χ0) is 12.9. The Hall–Kier alpha value is -2.69. The molecule has 0 bridgehead atoms. The molecule has 1 aliphatic rings. The van der Waals surface area contributed by atoms with Crippen molar-refractivity contribution in [2.24, 2.45) is 0 Å². The number of carbonyl (C=O) groups excluding carboxylic acids is 1. The van der Waals surface area contributed by atoms with Gasteiger partial charge in [-0.25, -0.2) is 0 Å². The van der Waals surface area contributed by atoms with Gasteiger partial charge in [0.2, 0.25) is 0 Å². The molecule has 0 saturated heterocycles. The Morgan fingerprint density at radius 2 is 1.67 bits per heavy atom. The lowest BCUT2D eigenvalue weighted by molar-refractivity contribution is -0.383. The number of anilines is 1. The minimum Gasteiger partial charge on any atom is -0.393 e. The molecule has 0 spiro atoms. The fraction of sp³-hybridized carbons (Fsp3) is 0. The Balaban J connectivity index is 2.34. The van der Waals surface area contributed by atoms with Gasteiger partial charge in [0.25, 0.3) is 5.69 Å². The van der Waals surface area contributed by atoms with E-state index in [9.17, 15) is 14.9 Å². The number of benzene rings is 2. The first-order valence-corrected chi connectivity index (χ1v) is 5.31. The number of ketones is 1. The van der Waals surface area contributed by atoms with Gasteiger partial charge in [-0.2, -0.15) is 0 Å². The van der Waals surface area contributed by atoms with Crippen LogP contribution in [-0.4, -0.2) is 10.7 Å². The largest absolute Gasteiger partial charge is 0.393 e. The van der Waals surface area contributed by atoms with Crippen molar-refractivity contribution in [2.75, 3.05) is 5.73 Å². The number of carbonyl (C=O) groups is 1. The van der Waals surface area contributed by atoms with Crippen molar-refractivity contribution >= 4 is 17.2 Å². The first kappa shape index (κ1) is 10.5. The molecule has 2 aromatic rings. The van der Waals surface area contributed by atoms with E-state index in [1.54, 1.807) is 24.3 Å². The molecular formula is C13H8N2O3. The summed E-state index contributed by atoms with van der Waals surface area (Å²) in [5.41, 5.74) is 7.74. The van der Waals surface area contributed by atoms with Gasteiger partial charge in [0.05, 0.1) is 4.92 Å². The van der Waals surface area contributed by atoms with Crippen molar-refractivity contribution in [3.63, 3.8) is 0 Å². The maximum absolute atomic E-state index is 12.1. The number of nitrogens with zero attached hydrogens (tertiary/aromatic N) is 1. The summed E-state index contributed by atoms with van der Waals surface area (Å²) in [6.07, 6.45) is 0. The van der Waals surface area contributed by atoms with Gasteiger partial charge in [-0.1, -0.05) is 24.3 Å². The third-order valence-electron chi connectivity index (χ3n) is 3.07. The van der Waals surface area contributed by atoms with Crippen LogP contribution in [0, 0.1) is 10.1 Å². The van der Waals surface area contributed by atoms with Gasteiger partial charge < -0.3 is 5.73 Å². The molecule has 88 valence electrons. The minimum absolute atomic E-state index is 0.0138. The van der Waals surface area contributed by atoms with E-state index in [1.165, 1.54) is 12.1 Å². The van der Waals surface area contributed by atoms with E-state index in [0.29, 0.717) is 16.7 Å². The standard InChI is InChI=1S/C13H8N2O3/c14-11-5-10-9(6-12(11)15(17)18)7-3-1-2-4-8(7)13(10)16/h1-6H,14H2. The highest BCUT2D eigenvalue weighted by Gasteiger charge is 2.29. The molecular weight excluding hydrogens is 232 g/mol. The van der Waals surface area contributed by atoms with Gasteiger partial charge in [-0.15, -0.1) is 0 Å². The molecule has 0 aliphatic heterocycles. The normalized spacial score (nSPS) is 12.1. The molecule has 0 amide bonds. The van der Waals surface area contributed by atoms with E-state index in [1.807, 2.05) is 0 Å². The van der Waals surface area contributed by atoms with Gasteiger partial charge in [0.15, 0.2) is 5.78 Å². The summed E-state index contributed by atoms with van der Waals surface area (Å²) < 4.78 is 0. The minimum atomic E-state index is -0.541. The summed E-state index contributed by atoms with van der Waals surface area (Å²) >= 11 is 0. The molecule has 5 heteroatoms. The van der Waals surface area contributed by atoms with Crippen molar-refractivity contribution in [2.45, 2.75) is 0 Å². The molecule has 5 nitrogen and oxygen atoms in total. The van der Waals surface area contributed by atoms with Crippen LogP contribution in [0.2, 0.25) is 0 Å². The Morgan fingerprint density at radius 3 is 2.33 bits per heavy atom. The van der Waals surface area contributed by atoms with Crippen LogP contribution in [0.15, 0.2) is 36.4 Å². The van der Waals surface area contributed by atoms with Crippen LogP contribution < -0.4 is 5.73 Å². The van der Waals surface area contributed by atoms with Crippen molar-refractivity contribution in [1.29, 1.82) is 0 Å². The highest BCUT2D eigenvalue weighted by molar-refractivity contribution is 6.22. The maximum Gasteiger partial charge on any atom is 0.292 e. The zero-order valence-electron chi connectivity index (χ0n) is 9.21. The molecule has 18 heavy (non-hydrogen) atoms. The third kappa shape index (κ3) is 1.24. The number of rotatable bonds is 1. The molecule has 0 saturated carbocycles. The van der Waals surface area contributed by atoms with Crippen LogP contribution in [0.3, 0.4) is 0 Å². The molecule has 2 N–H and O–H groups in total. The summed E-state index contributed by atoms with van der Waals surface area (Å²) in [7, 11) is 0. The second kappa shape index (κ2) is 3.40. The zero-order valence-corrected chi connectivity index (χ0v) is 9.21. The average Bonchev–Trinajstić information content (AvgIpc) is 2.62. The number of nitro groups is 1. The molecule has 0 heterocycles. The quantitative estimate of drug-likeness (QED) is 0.402. The third-order valence-corrected chi connectivity index (χ3v) is 3.07. The summed E-state index contributed by atoms with van der Waals surface area (Å²) in [4.78, 5) is 22.4. The van der Waals surface area contributed by atoms with E-state index < -0.39 is 4.92 Å². The van der Waals surface area contributed by atoms with Crippen molar-refractivity contribution in [3.05, 3.63) is 57.6 Å². The van der Waals surface area contributed by atoms with Gasteiger partial charge in [-0.3, -0.25) is 14.9 Å². The topological polar surface area (TPSA) is 86.2 Å². The van der Waals surface area contributed by atoms with Crippen LogP contribution in [0.1, 0.15) is 15.9 Å². The smallest absolute Gasteiger partial charge is 0.292 e. The lowest BCUT2D eigenvalue weighted by Gasteiger charge is -2.02. The van der Waals surface area contributed by atoms with E-state index in [-0.39, 0.29) is 17.2 Å². The second-order valence-corrected chi connectivity index (χ2v) is 4.09. The summed E-state index contributed by atoms with van der Waals surface area (Å²) in [6, 6.07) is 9.80. The summed E-state index contributed by atoms with van der Waals surface area (Å²) in [5.74, 6) is -0.137.